The summed E-state index contributed by atoms with van der Waals surface area (Å²) < 4.78 is 0. The highest BCUT2D eigenvalue weighted by atomic mass is 16.2. The van der Waals surface area contributed by atoms with Gasteiger partial charge in [0.15, 0.2) is 5.96 Å². The predicted octanol–water partition coefficient (Wildman–Crippen LogP) is 1.55. The van der Waals surface area contributed by atoms with Gasteiger partial charge in [0.2, 0.25) is 0 Å². The molecule has 1 amide bonds. The van der Waals surface area contributed by atoms with Gasteiger partial charge in [-0.1, -0.05) is 32.1 Å². The quantitative estimate of drug-likeness (QED) is 0.762. The standard InChI is InChI=1S/C12H21N3O/c1-12(10(16)14-11(13)15-12)8-7-9-5-3-2-4-6-9/h9H,2-8H2,1H3,(H3,13,14,15,16)/t12-/m0/s1. The first kappa shape index (κ1) is 11.4. The van der Waals surface area contributed by atoms with Crippen LogP contribution in [0.15, 0.2) is 4.99 Å². The smallest absolute Gasteiger partial charge is 0.254 e. The van der Waals surface area contributed by atoms with Crippen LogP contribution in [0.5, 0.6) is 0 Å². The Morgan fingerprint density at radius 1 is 1.44 bits per heavy atom. The van der Waals surface area contributed by atoms with Gasteiger partial charge < -0.3 is 5.73 Å². The number of aliphatic imine (C=N–C) groups is 1. The number of nitrogens with zero attached hydrogens (tertiary/aromatic N) is 1. The largest absolute Gasteiger partial charge is 0.370 e. The third-order valence-electron chi connectivity index (χ3n) is 3.86. The highest BCUT2D eigenvalue weighted by Gasteiger charge is 2.38. The summed E-state index contributed by atoms with van der Waals surface area (Å²) in [6.07, 6.45) is 8.62. The van der Waals surface area contributed by atoms with E-state index in [0.717, 1.165) is 18.8 Å². The second-order valence-corrected chi connectivity index (χ2v) is 5.27. The second kappa shape index (κ2) is 4.44. The summed E-state index contributed by atoms with van der Waals surface area (Å²) in [5.41, 5.74) is 4.92. The lowest BCUT2D eigenvalue weighted by atomic mass is 9.82. The van der Waals surface area contributed by atoms with E-state index in [2.05, 4.69) is 10.3 Å². The van der Waals surface area contributed by atoms with E-state index in [-0.39, 0.29) is 11.9 Å². The molecule has 0 unspecified atom stereocenters. The molecule has 0 radical (unpaired) electrons. The van der Waals surface area contributed by atoms with E-state index in [1.165, 1.54) is 32.1 Å². The van der Waals surface area contributed by atoms with E-state index in [0.29, 0.717) is 0 Å². The van der Waals surface area contributed by atoms with Crippen LogP contribution in [-0.4, -0.2) is 17.4 Å². The van der Waals surface area contributed by atoms with Crippen molar-refractivity contribution in [2.24, 2.45) is 16.6 Å². The van der Waals surface area contributed by atoms with E-state index in [1.54, 1.807) is 0 Å². The van der Waals surface area contributed by atoms with Crippen LogP contribution in [0.2, 0.25) is 0 Å². The first-order chi connectivity index (χ1) is 7.60. The van der Waals surface area contributed by atoms with Gasteiger partial charge in [-0.25, -0.2) is 4.99 Å². The molecule has 1 atom stereocenters. The predicted molar refractivity (Wildman–Crippen MR) is 64.0 cm³/mol. The summed E-state index contributed by atoms with van der Waals surface area (Å²) in [6.45, 7) is 1.88. The lowest BCUT2D eigenvalue weighted by molar-refractivity contribution is -0.123. The summed E-state index contributed by atoms with van der Waals surface area (Å²) in [6, 6.07) is 0. The van der Waals surface area contributed by atoms with E-state index in [9.17, 15) is 4.79 Å². The number of nitrogens with one attached hydrogen (secondary N) is 1. The molecule has 0 aromatic rings. The van der Waals surface area contributed by atoms with Gasteiger partial charge in [-0.05, 0) is 25.7 Å². The third kappa shape index (κ3) is 2.36. The Hall–Kier alpha value is -1.06. The molecule has 16 heavy (non-hydrogen) atoms. The molecule has 4 heteroatoms. The zero-order chi connectivity index (χ0) is 11.6. The molecule has 1 aliphatic heterocycles. The number of rotatable bonds is 3. The number of hydrogen-bond acceptors (Lipinski definition) is 3. The van der Waals surface area contributed by atoms with Gasteiger partial charge in [0.1, 0.15) is 5.54 Å². The minimum Gasteiger partial charge on any atom is -0.370 e. The highest BCUT2D eigenvalue weighted by molar-refractivity contribution is 6.06. The van der Waals surface area contributed by atoms with Crippen LogP contribution in [0, 0.1) is 5.92 Å². The van der Waals surface area contributed by atoms with E-state index in [4.69, 9.17) is 5.73 Å². The van der Waals surface area contributed by atoms with Gasteiger partial charge in [0.25, 0.3) is 5.91 Å². The molecule has 0 aromatic heterocycles. The maximum absolute atomic E-state index is 11.7. The molecular formula is C12H21N3O. The molecule has 1 saturated carbocycles. The Morgan fingerprint density at radius 3 is 2.69 bits per heavy atom. The summed E-state index contributed by atoms with van der Waals surface area (Å²) in [5, 5.41) is 2.58. The van der Waals surface area contributed by atoms with Crippen molar-refractivity contribution in [2.45, 2.75) is 57.4 Å². The van der Waals surface area contributed by atoms with Crippen LogP contribution in [0.4, 0.5) is 0 Å². The number of nitrogens with two attached hydrogens (primary N) is 1. The summed E-state index contributed by atoms with van der Waals surface area (Å²) in [5.74, 6) is 1.02. The average molecular weight is 223 g/mol. The fraction of sp³-hybridized carbons (Fsp3) is 0.833. The summed E-state index contributed by atoms with van der Waals surface area (Å²) in [7, 11) is 0. The normalized spacial score (nSPS) is 31.3. The van der Waals surface area contributed by atoms with Crippen LogP contribution in [0.1, 0.15) is 51.9 Å². The monoisotopic (exact) mass is 223 g/mol. The van der Waals surface area contributed by atoms with E-state index < -0.39 is 5.54 Å². The van der Waals surface area contributed by atoms with Crippen molar-refractivity contribution in [1.82, 2.24) is 5.32 Å². The molecule has 2 rings (SSSR count). The molecule has 4 nitrogen and oxygen atoms in total. The summed E-state index contributed by atoms with van der Waals surface area (Å²) in [4.78, 5) is 15.9. The minimum absolute atomic E-state index is 0.0409. The topological polar surface area (TPSA) is 67.5 Å². The van der Waals surface area contributed by atoms with Crippen LogP contribution < -0.4 is 11.1 Å². The fourth-order valence-corrected chi connectivity index (χ4v) is 2.73. The molecule has 2 aliphatic rings. The number of guanidine groups is 1. The van der Waals surface area contributed by atoms with Gasteiger partial charge >= 0.3 is 0 Å². The van der Waals surface area contributed by atoms with Crippen molar-refractivity contribution in [1.29, 1.82) is 0 Å². The SMILES string of the molecule is C[C@@]1(CCC2CCCCC2)N=C(N)NC1=O. The van der Waals surface area contributed by atoms with Crippen LogP contribution in [0.3, 0.4) is 0 Å². The molecule has 1 fully saturated rings. The fourth-order valence-electron chi connectivity index (χ4n) is 2.73. The molecule has 3 N–H and O–H groups in total. The van der Waals surface area contributed by atoms with Crippen molar-refractivity contribution in [2.75, 3.05) is 0 Å². The van der Waals surface area contributed by atoms with Gasteiger partial charge in [-0.15, -0.1) is 0 Å². The second-order valence-electron chi connectivity index (χ2n) is 5.27. The molecule has 0 saturated heterocycles. The molecule has 1 aliphatic carbocycles. The molecule has 0 bridgehead atoms. The van der Waals surface area contributed by atoms with Crippen LogP contribution >= 0.6 is 0 Å². The Bertz CT molecular complexity index is 307. The number of carbonyl (C=O) groups excluding carboxylic acids is 1. The van der Waals surface area contributed by atoms with Gasteiger partial charge in [0, 0.05) is 0 Å². The van der Waals surface area contributed by atoms with Gasteiger partial charge in [0.05, 0.1) is 0 Å². The van der Waals surface area contributed by atoms with E-state index in [1.807, 2.05) is 6.92 Å². The van der Waals surface area contributed by atoms with Gasteiger partial charge in [-0.2, -0.15) is 0 Å². The number of carbonyl (C=O) groups is 1. The molecule has 90 valence electrons. The highest BCUT2D eigenvalue weighted by Crippen LogP contribution is 2.31. The molecule has 1 heterocycles. The van der Waals surface area contributed by atoms with Crippen molar-refractivity contribution < 1.29 is 4.79 Å². The molecule has 0 aromatic carbocycles. The average Bonchev–Trinajstić information content (AvgIpc) is 2.52. The molecular weight excluding hydrogens is 202 g/mol. The third-order valence-corrected chi connectivity index (χ3v) is 3.86. The van der Waals surface area contributed by atoms with Crippen LogP contribution in [0.25, 0.3) is 0 Å². The van der Waals surface area contributed by atoms with Crippen molar-refractivity contribution >= 4 is 11.9 Å². The van der Waals surface area contributed by atoms with Gasteiger partial charge in [-0.3, -0.25) is 10.1 Å². The molecule has 0 spiro atoms. The Labute approximate surface area is 96.7 Å². The Kier molecular flexibility index (Phi) is 3.17. The summed E-state index contributed by atoms with van der Waals surface area (Å²) >= 11 is 0. The first-order valence-electron chi connectivity index (χ1n) is 6.27. The maximum Gasteiger partial charge on any atom is 0.254 e. The van der Waals surface area contributed by atoms with Crippen molar-refractivity contribution in [3.05, 3.63) is 0 Å². The zero-order valence-corrected chi connectivity index (χ0v) is 9.96. The van der Waals surface area contributed by atoms with Crippen molar-refractivity contribution in [3.8, 4) is 0 Å². The Balaban J connectivity index is 1.86. The number of hydrogen-bond donors (Lipinski definition) is 2. The number of amides is 1. The lowest BCUT2D eigenvalue weighted by Crippen LogP contribution is -2.39. The van der Waals surface area contributed by atoms with Crippen LogP contribution in [-0.2, 0) is 4.79 Å². The minimum atomic E-state index is -0.610. The Morgan fingerprint density at radius 2 is 2.12 bits per heavy atom. The maximum atomic E-state index is 11.7. The van der Waals surface area contributed by atoms with Crippen molar-refractivity contribution in [3.63, 3.8) is 0 Å². The zero-order valence-electron chi connectivity index (χ0n) is 9.96. The van der Waals surface area contributed by atoms with E-state index >= 15 is 0 Å². The first-order valence-corrected chi connectivity index (χ1v) is 6.27. The lowest BCUT2D eigenvalue weighted by Gasteiger charge is -2.25.